The summed E-state index contributed by atoms with van der Waals surface area (Å²) in [6.45, 7) is 0. The topological polar surface area (TPSA) is 75.3 Å². The van der Waals surface area contributed by atoms with Crippen LogP contribution in [-0.4, -0.2) is 29.1 Å². The van der Waals surface area contributed by atoms with Gasteiger partial charge < -0.3 is 10.6 Å². The first-order chi connectivity index (χ1) is 17.5. The molecule has 0 radical (unpaired) electrons. The van der Waals surface area contributed by atoms with Crippen LogP contribution in [-0.2, 0) is 9.59 Å². The van der Waals surface area contributed by atoms with E-state index in [0.717, 1.165) is 75.7 Å². The molecule has 36 heavy (non-hydrogen) atoms. The van der Waals surface area contributed by atoms with Crippen molar-refractivity contribution in [1.82, 2.24) is 0 Å². The first kappa shape index (κ1) is 30.0. The summed E-state index contributed by atoms with van der Waals surface area (Å²) >= 11 is 8.43. The first-order valence-corrected chi connectivity index (χ1v) is 14.4. The van der Waals surface area contributed by atoms with E-state index < -0.39 is 0 Å². The summed E-state index contributed by atoms with van der Waals surface area (Å²) in [4.78, 5) is 37.7. The Morgan fingerprint density at radius 3 is 1.36 bits per heavy atom. The van der Waals surface area contributed by atoms with Crippen LogP contribution in [0.3, 0.4) is 0 Å². The molecule has 0 bridgehead atoms. The van der Waals surface area contributed by atoms with E-state index in [-0.39, 0.29) is 17.6 Å². The number of unbranched alkanes of at least 4 members (excludes halogenated alkanes) is 8. The van der Waals surface area contributed by atoms with Crippen molar-refractivity contribution in [3.63, 3.8) is 0 Å². The van der Waals surface area contributed by atoms with Crippen LogP contribution in [0.5, 0.6) is 0 Å². The molecule has 2 rings (SSSR count). The average molecular weight is 529 g/mol. The van der Waals surface area contributed by atoms with Gasteiger partial charge in [0, 0.05) is 35.3 Å². The van der Waals surface area contributed by atoms with Crippen molar-refractivity contribution >= 4 is 54.2 Å². The maximum atomic E-state index is 13.1. The predicted octanol–water partition coefficient (Wildman–Crippen LogP) is 7.34. The second kappa shape index (κ2) is 18.1. The zero-order valence-electron chi connectivity index (χ0n) is 21.1. The van der Waals surface area contributed by atoms with Crippen molar-refractivity contribution in [3.05, 3.63) is 59.7 Å². The number of ketones is 1. The fourth-order valence-electron chi connectivity index (χ4n) is 3.95. The molecule has 0 aliphatic rings. The van der Waals surface area contributed by atoms with Crippen LogP contribution in [0.15, 0.2) is 48.5 Å². The van der Waals surface area contributed by atoms with E-state index in [4.69, 9.17) is 0 Å². The zero-order chi connectivity index (χ0) is 26.0. The highest BCUT2D eigenvalue weighted by Gasteiger charge is 2.12. The molecule has 2 amide bonds. The Kier molecular flexibility index (Phi) is 15.0. The Morgan fingerprint density at radius 2 is 0.944 bits per heavy atom. The summed E-state index contributed by atoms with van der Waals surface area (Å²) in [5.41, 5.74) is 2.20. The Hall–Kier alpha value is -2.25. The van der Waals surface area contributed by atoms with Crippen molar-refractivity contribution in [1.29, 1.82) is 0 Å². The van der Waals surface area contributed by atoms with Gasteiger partial charge in [0.05, 0.1) is 0 Å². The van der Waals surface area contributed by atoms with Gasteiger partial charge in [0.2, 0.25) is 11.8 Å². The van der Waals surface area contributed by atoms with E-state index in [9.17, 15) is 14.4 Å². The summed E-state index contributed by atoms with van der Waals surface area (Å²) in [5.74, 6) is 1.58. The number of anilines is 2. The third kappa shape index (κ3) is 12.1. The molecule has 5 nitrogen and oxygen atoms in total. The molecular weight excluding hydrogens is 488 g/mol. The van der Waals surface area contributed by atoms with E-state index in [0.29, 0.717) is 35.3 Å². The maximum absolute atomic E-state index is 13.1. The average Bonchev–Trinajstić information content (AvgIpc) is 2.88. The number of benzene rings is 2. The minimum Gasteiger partial charge on any atom is -0.326 e. The Balaban J connectivity index is 1.85. The summed E-state index contributed by atoms with van der Waals surface area (Å²) in [6, 6.07) is 14.0. The predicted molar refractivity (Wildman–Crippen MR) is 157 cm³/mol. The lowest BCUT2D eigenvalue weighted by Gasteiger charge is -2.09. The van der Waals surface area contributed by atoms with Crippen LogP contribution < -0.4 is 10.6 Å². The molecule has 0 heterocycles. The third-order valence-electron chi connectivity index (χ3n) is 5.94. The molecule has 2 aromatic carbocycles. The van der Waals surface area contributed by atoms with Gasteiger partial charge in [-0.05, 0) is 61.5 Å². The molecule has 2 N–H and O–H groups in total. The number of nitrogens with one attached hydrogen (secondary N) is 2. The third-order valence-corrected chi connectivity index (χ3v) is 6.57. The molecule has 0 unspecified atom stereocenters. The molecule has 196 valence electrons. The number of hydrogen-bond acceptors (Lipinski definition) is 5. The van der Waals surface area contributed by atoms with Gasteiger partial charge in [-0.3, -0.25) is 14.4 Å². The molecule has 0 aliphatic carbocycles. The van der Waals surface area contributed by atoms with Crippen LogP contribution >= 0.6 is 25.3 Å². The van der Waals surface area contributed by atoms with Gasteiger partial charge in [0.15, 0.2) is 5.78 Å². The number of rotatable bonds is 18. The lowest BCUT2D eigenvalue weighted by molar-refractivity contribution is -0.117. The fraction of sp³-hybridized carbons (Fsp3) is 0.483. The zero-order valence-corrected chi connectivity index (χ0v) is 22.9. The van der Waals surface area contributed by atoms with Gasteiger partial charge in [0.25, 0.3) is 0 Å². The fourth-order valence-corrected chi connectivity index (χ4v) is 4.39. The Morgan fingerprint density at radius 1 is 0.556 bits per heavy atom. The summed E-state index contributed by atoms with van der Waals surface area (Å²) in [5, 5.41) is 5.80. The number of thiol groups is 2. The van der Waals surface area contributed by atoms with E-state index in [1.54, 1.807) is 48.5 Å². The maximum Gasteiger partial charge on any atom is 0.224 e. The molecule has 0 atom stereocenters. The molecule has 0 saturated carbocycles. The van der Waals surface area contributed by atoms with Crippen LogP contribution in [0.1, 0.15) is 93.0 Å². The largest absolute Gasteiger partial charge is 0.326 e. The number of amides is 2. The van der Waals surface area contributed by atoms with Crippen LogP contribution in [0, 0.1) is 0 Å². The number of hydrogen-bond donors (Lipinski definition) is 4. The van der Waals surface area contributed by atoms with Crippen LogP contribution in [0.2, 0.25) is 0 Å². The standard InChI is InChI=1S/C29H40N2O3S2/c32-27(17-7-3-1-5-9-19-35)30-25-15-11-13-23(21-25)29(34)24-14-12-16-26(22-24)31-28(33)18-8-4-2-6-10-20-36/h11-16,21-22,35-36H,1-10,17-20H2,(H,30,32)(H,31,33). The highest BCUT2D eigenvalue weighted by atomic mass is 32.1. The van der Waals surface area contributed by atoms with E-state index in [1.807, 2.05) is 0 Å². The van der Waals surface area contributed by atoms with Crippen LogP contribution in [0.4, 0.5) is 11.4 Å². The summed E-state index contributed by atoms with van der Waals surface area (Å²) < 4.78 is 0. The van der Waals surface area contributed by atoms with E-state index in [1.165, 1.54) is 0 Å². The lowest BCUT2D eigenvalue weighted by Crippen LogP contribution is -2.12. The minimum absolute atomic E-state index is 0.0415. The molecule has 0 saturated heterocycles. The quantitative estimate of drug-likeness (QED) is 0.0929. The Labute approximate surface area is 227 Å². The van der Waals surface area contributed by atoms with Crippen molar-refractivity contribution in [2.75, 3.05) is 22.1 Å². The molecule has 0 spiro atoms. The molecule has 7 heteroatoms. The van der Waals surface area contributed by atoms with Crippen molar-refractivity contribution in [2.45, 2.75) is 77.0 Å². The van der Waals surface area contributed by atoms with Gasteiger partial charge in [-0.1, -0.05) is 62.8 Å². The first-order valence-electron chi connectivity index (χ1n) is 13.1. The van der Waals surface area contributed by atoms with E-state index >= 15 is 0 Å². The van der Waals surface area contributed by atoms with Crippen molar-refractivity contribution < 1.29 is 14.4 Å². The van der Waals surface area contributed by atoms with Gasteiger partial charge in [0.1, 0.15) is 0 Å². The van der Waals surface area contributed by atoms with Crippen LogP contribution in [0.25, 0.3) is 0 Å². The molecular formula is C29H40N2O3S2. The van der Waals surface area contributed by atoms with Gasteiger partial charge >= 0.3 is 0 Å². The molecule has 0 aliphatic heterocycles. The minimum atomic E-state index is -0.157. The number of carbonyl (C=O) groups is 3. The van der Waals surface area contributed by atoms with Crippen molar-refractivity contribution in [3.8, 4) is 0 Å². The summed E-state index contributed by atoms with van der Waals surface area (Å²) in [7, 11) is 0. The van der Waals surface area contributed by atoms with Gasteiger partial charge in [-0.2, -0.15) is 25.3 Å². The molecule has 0 fully saturated rings. The smallest absolute Gasteiger partial charge is 0.224 e. The summed E-state index contributed by atoms with van der Waals surface area (Å²) in [6.07, 6.45) is 11.5. The molecule has 2 aromatic rings. The second-order valence-electron chi connectivity index (χ2n) is 9.07. The normalized spacial score (nSPS) is 10.7. The SMILES string of the molecule is O=C(CCCCCCCS)Nc1cccc(C(=O)c2cccc(NC(=O)CCCCCCCS)c2)c1. The highest BCUT2D eigenvalue weighted by Crippen LogP contribution is 2.19. The monoisotopic (exact) mass is 528 g/mol. The Bertz CT molecular complexity index is 890. The van der Waals surface area contributed by atoms with Gasteiger partial charge in [-0.25, -0.2) is 0 Å². The second-order valence-corrected chi connectivity index (χ2v) is 9.96. The lowest BCUT2D eigenvalue weighted by atomic mass is 10.0. The van der Waals surface area contributed by atoms with Crippen molar-refractivity contribution in [2.24, 2.45) is 0 Å². The number of carbonyl (C=O) groups excluding carboxylic acids is 3. The van der Waals surface area contributed by atoms with Gasteiger partial charge in [-0.15, -0.1) is 0 Å². The van der Waals surface area contributed by atoms with E-state index in [2.05, 4.69) is 35.9 Å². The molecule has 0 aromatic heterocycles. The highest BCUT2D eigenvalue weighted by molar-refractivity contribution is 7.80.